The van der Waals surface area contributed by atoms with Gasteiger partial charge < -0.3 is 14.6 Å². The summed E-state index contributed by atoms with van der Waals surface area (Å²) in [5, 5.41) is 10.4. The van der Waals surface area contributed by atoms with Gasteiger partial charge in [-0.25, -0.2) is 0 Å². The summed E-state index contributed by atoms with van der Waals surface area (Å²) in [6, 6.07) is 13.4. The molecule has 3 nitrogen and oxygen atoms in total. The summed E-state index contributed by atoms with van der Waals surface area (Å²) in [6.07, 6.45) is -0.638. The molecule has 2 aromatic carbocycles. The summed E-state index contributed by atoms with van der Waals surface area (Å²) in [5.41, 5.74) is 2.80. The van der Waals surface area contributed by atoms with Crippen LogP contribution in [0.3, 0.4) is 0 Å². The third-order valence-corrected chi connectivity index (χ3v) is 3.20. The minimum absolute atomic E-state index is 0.249. The lowest BCUT2D eigenvalue weighted by molar-refractivity contribution is 0.173. The van der Waals surface area contributed by atoms with E-state index in [2.05, 4.69) is 0 Å². The number of ether oxygens (including phenoxy) is 2. The second kappa shape index (κ2) is 4.35. The molecule has 2 aromatic rings. The summed E-state index contributed by atoms with van der Waals surface area (Å²) in [4.78, 5) is 0. The lowest BCUT2D eigenvalue weighted by Crippen LogP contribution is -2.01. The van der Waals surface area contributed by atoms with Crippen molar-refractivity contribution in [3.63, 3.8) is 0 Å². The Labute approximate surface area is 106 Å². The molecule has 3 rings (SSSR count). The topological polar surface area (TPSA) is 38.7 Å². The summed E-state index contributed by atoms with van der Waals surface area (Å²) in [6.45, 7) is 2.24. The van der Waals surface area contributed by atoms with Crippen molar-refractivity contribution in [3.05, 3.63) is 59.2 Å². The van der Waals surface area contributed by atoms with E-state index in [4.69, 9.17) is 9.47 Å². The SMILES string of the molecule is Cc1ccccc1C(O)c1ccc2c(c1)OCO2. The number of hydrogen-bond donors (Lipinski definition) is 1. The van der Waals surface area contributed by atoms with Crippen molar-refractivity contribution in [2.24, 2.45) is 0 Å². The first-order valence-electron chi connectivity index (χ1n) is 5.89. The van der Waals surface area contributed by atoms with Crippen molar-refractivity contribution in [2.75, 3.05) is 6.79 Å². The van der Waals surface area contributed by atoms with Crippen LogP contribution in [0, 0.1) is 6.92 Å². The van der Waals surface area contributed by atoms with Crippen LogP contribution < -0.4 is 9.47 Å². The molecule has 3 heteroatoms. The van der Waals surface area contributed by atoms with Gasteiger partial charge in [-0.2, -0.15) is 0 Å². The smallest absolute Gasteiger partial charge is 0.231 e. The Morgan fingerprint density at radius 3 is 2.67 bits per heavy atom. The average molecular weight is 242 g/mol. The molecule has 1 aliphatic heterocycles. The number of hydrogen-bond acceptors (Lipinski definition) is 3. The van der Waals surface area contributed by atoms with Gasteiger partial charge in [-0.3, -0.25) is 0 Å². The van der Waals surface area contributed by atoms with Crippen LogP contribution in [0.5, 0.6) is 11.5 Å². The van der Waals surface area contributed by atoms with Gasteiger partial charge in [0.25, 0.3) is 0 Å². The molecule has 0 radical (unpaired) electrons. The van der Waals surface area contributed by atoms with E-state index in [1.807, 2.05) is 49.4 Å². The molecular formula is C15H14O3. The molecule has 0 amide bonds. The van der Waals surface area contributed by atoms with Crippen molar-refractivity contribution in [3.8, 4) is 11.5 Å². The number of fused-ring (bicyclic) bond motifs is 1. The zero-order valence-corrected chi connectivity index (χ0v) is 10.1. The summed E-state index contributed by atoms with van der Waals surface area (Å²) >= 11 is 0. The zero-order chi connectivity index (χ0) is 12.5. The standard InChI is InChI=1S/C15H14O3/c1-10-4-2-3-5-12(10)15(16)11-6-7-13-14(8-11)18-9-17-13/h2-8,15-16H,9H2,1H3. The van der Waals surface area contributed by atoms with Crippen LogP contribution in [0.4, 0.5) is 0 Å². The predicted molar refractivity (Wildman–Crippen MR) is 67.8 cm³/mol. The molecule has 0 spiro atoms. The molecule has 92 valence electrons. The monoisotopic (exact) mass is 242 g/mol. The first-order chi connectivity index (χ1) is 8.75. The third-order valence-electron chi connectivity index (χ3n) is 3.20. The number of aryl methyl sites for hydroxylation is 1. The number of aliphatic hydroxyl groups excluding tert-OH is 1. The fourth-order valence-electron chi connectivity index (χ4n) is 2.16. The van der Waals surface area contributed by atoms with E-state index in [0.717, 1.165) is 22.4 Å². The second-order valence-corrected chi connectivity index (χ2v) is 4.37. The van der Waals surface area contributed by atoms with Gasteiger partial charge in [0.05, 0.1) is 0 Å². The van der Waals surface area contributed by atoms with Gasteiger partial charge in [-0.1, -0.05) is 30.3 Å². The van der Waals surface area contributed by atoms with Crippen molar-refractivity contribution in [1.82, 2.24) is 0 Å². The minimum Gasteiger partial charge on any atom is -0.454 e. The minimum atomic E-state index is -0.638. The predicted octanol–water partition coefficient (Wildman–Crippen LogP) is 2.81. The average Bonchev–Trinajstić information content (AvgIpc) is 2.85. The Morgan fingerprint density at radius 1 is 1.06 bits per heavy atom. The van der Waals surface area contributed by atoms with E-state index in [1.54, 1.807) is 0 Å². The highest BCUT2D eigenvalue weighted by Crippen LogP contribution is 2.35. The van der Waals surface area contributed by atoms with Gasteiger partial charge in [0.2, 0.25) is 6.79 Å². The van der Waals surface area contributed by atoms with E-state index < -0.39 is 6.10 Å². The molecule has 1 atom stereocenters. The van der Waals surface area contributed by atoms with Crippen molar-refractivity contribution in [1.29, 1.82) is 0 Å². The molecule has 1 aliphatic rings. The highest BCUT2D eigenvalue weighted by Gasteiger charge is 2.18. The fraction of sp³-hybridized carbons (Fsp3) is 0.200. The molecule has 1 heterocycles. The molecule has 0 saturated heterocycles. The van der Waals surface area contributed by atoms with Crippen LogP contribution in [0.15, 0.2) is 42.5 Å². The normalized spacial score (nSPS) is 14.6. The quantitative estimate of drug-likeness (QED) is 0.880. The van der Waals surface area contributed by atoms with E-state index in [1.165, 1.54) is 0 Å². The van der Waals surface area contributed by atoms with E-state index in [9.17, 15) is 5.11 Å². The fourth-order valence-corrected chi connectivity index (χ4v) is 2.16. The zero-order valence-electron chi connectivity index (χ0n) is 10.1. The molecular weight excluding hydrogens is 228 g/mol. The molecule has 0 saturated carbocycles. The van der Waals surface area contributed by atoms with Crippen LogP contribution in [0.2, 0.25) is 0 Å². The number of aliphatic hydroxyl groups is 1. The molecule has 1 unspecified atom stereocenters. The van der Waals surface area contributed by atoms with Crippen molar-refractivity contribution in [2.45, 2.75) is 13.0 Å². The molecule has 0 aliphatic carbocycles. The Balaban J connectivity index is 1.98. The summed E-state index contributed by atoms with van der Waals surface area (Å²) in [5.74, 6) is 1.43. The van der Waals surface area contributed by atoms with E-state index >= 15 is 0 Å². The Morgan fingerprint density at radius 2 is 1.83 bits per heavy atom. The third kappa shape index (κ3) is 1.83. The van der Waals surface area contributed by atoms with Gasteiger partial charge in [0.15, 0.2) is 11.5 Å². The Kier molecular flexibility index (Phi) is 2.68. The van der Waals surface area contributed by atoms with Crippen molar-refractivity contribution >= 4 is 0 Å². The van der Waals surface area contributed by atoms with Crippen LogP contribution >= 0.6 is 0 Å². The van der Waals surface area contributed by atoms with Gasteiger partial charge in [0.1, 0.15) is 6.10 Å². The van der Waals surface area contributed by atoms with E-state index in [-0.39, 0.29) is 6.79 Å². The van der Waals surface area contributed by atoms with Crippen LogP contribution in [-0.2, 0) is 0 Å². The second-order valence-electron chi connectivity index (χ2n) is 4.37. The maximum atomic E-state index is 10.4. The molecule has 18 heavy (non-hydrogen) atoms. The lowest BCUT2D eigenvalue weighted by atomic mass is 9.97. The summed E-state index contributed by atoms with van der Waals surface area (Å²) in [7, 11) is 0. The van der Waals surface area contributed by atoms with Crippen LogP contribution in [-0.4, -0.2) is 11.9 Å². The van der Waals surface area contributed by atoms with Gasteiger partial charge in [0, 0.05) is 0 Å². The summed E-state index contributed by atoms with van der Waals surface area (Å²) < 4.78 is 10.6. The van der Waals surface area contributed by atoms with Crippen molar-refractivity contribution < 1.29 is 14.6 Å². The lowest BCUT2D eigenvalue weighted by Gasteiger charge is -2.14. The Bertz CT molecular complexity index is 578. The van der Waals surface area contributed by atoms with Gasteiger partial charge >= 0.3 is 0 Å². The first kappa shape index (κ1) is 11.1. The van der Waals surface area contributed by atoms with E-state index in [0.29, 0.717) is 5.75 Å². The molecule has 0 fully saturated rings. The van der Waals surface area contributed by atoms with Gasteiger partial charge in [-0.15, -0.1) is 0 Å². The Hall–Kier alpha value is -2.00. The van der Waals surface area contributed by atoms with Gasteiger partial charge in [-0.05, 0) is 35.7 Å². The highest BCUT2D eigenvalue weighted by atomic mass is 16.7. The largest absolute Gasteiger partial charge is 0.454 e. The highest BCUT2D eigenvalue weighted by molar-refractivity contribution is 5.47. The number of benzene rings is 2. The van der Waals surface area contributed by atoms with Crippen LogP contribution in [0.25, 0.3) is 0 Å². The number of rotatable bonds is 2. The van der Waals surface area contributed by atoms with Crippen LogP contribution in [0.1, 0.15) is 22.8 Å². The first-order valence-corrected chi connectivity index (χ1v) is 5.89. The maximum absolute atomic E-state index is 10.4. The molecule has 1 N–H and O–H groups in total. The molecule has 0 aromatic heterocycles. The maximum Gasteiger partial charge on any atom is 0.231 e. The molecule has 0 bridgehead atoms.